The normalized spacial score (nSPS) is 12.0. The zero-order valence-electron chi connectivity index (χ0n) is 17.3. The third-order valence-electron chi connectivity index (χ3n) is 4.51. The van der Waals surface area contributed by atoms with Gasteiger partial charge in [0.1, 0.15) is 5.82 Å². The van der Waals surface area contributed by atoms with Gasteiger partial charge in [-0.05, 0) is 61.9 Å². The third-order valence-corrected chi connectivity index (χ3v) is 6.04. The quantitative estimate of drug-likeness (QED) is 0.521. The molecule has 0 saturated carbocycles. The second-order valence-corrected chi connectivity index (χ2v) is 8.61. The van der Waals surface area contributed by atoms with Gasteiger partial charge in [-0.2, -0.15) is 0 Å². The van der Waals surface area contributed by atoms with Crippen LogP contribution in [0.2, 0.25) is 0 Å². The number of hydrogen-bond acceptors (Lipinski definition) is 5. The molecule has 32 heavy (non-hydrogen) atoms. The highest BCUT2D eigenvalue weighted by atomic mass is 32.2. The lowest BCUT2D eigenvalue weighted by Crippen LogP contribution is -2.30. The number of nitrogens with one attached hydrogen (secondary N) is 2. The van der Waals surface area contributed by atoms with E-state index in [0.717, 1.165) is 18.2 Å². The van der Waals surface area contributed by atoms with Crippen molar-refractivity contribution in [2.24, 2.45) is 0 Å². The highest BCUT2D eigenvalue weighted by Crippen LogP contribution is 2.23. The van der Waals surface area contributed by atoms with Crippen molar-refractivity contribution in [3.05, 3.63) is 89.7 Å². The van der Waals surface area contributed by atoms with E-state index in [-0.39, 0.29) is 21.7 Å². The van der Waals surface area contributed by atoms with Crippen LogP contribution in [0.25, 0.3) is 0 Å². The van der Waals surface area contributed by atoms with E-state index < -0.39 is 33.8 Å². The second kappa shape index (κ2) is 9.61. The molecule has 1 unspecified atom stereocenters. The molecule has 7 nitrogen and oxygen atoms in total. The van der Waals surface area contributed by atoms with Crippen LogP contribution in [0.1, 0.15) is 22.8 Å². The van der Waals surface area contributed by atoms with Crippen molar-refractivity contribution >= 4 is 33.3 Å². The van der Waals surface area contributed by atoms with Gasteiger partial charge < -0.3 is 10.1 Å². The monoisotopic (exact) mass is 456 g/mol. The van der Waals surface area contributed by atoms with Crippen LogP contribution in [0.5, 0.6) is 0 Å². The molecule has 0 aromatic heterocycles. The molecular formula is C23H21FN2O5S. The minimum absolute atomic E-state index is 0.0307. The first-order valence-electron chi connectivity index (χ1n) is 9.62. The van der Waals surface area contributed by atoms with Crippen LogP contribution in [-0.4, -0.2) is 26.4 Å². The van der Waals surface area contributed by atoms with E-state index in [2.05, 4.69) is 10.0 Å². The Bertz CT molecular complexity index is 1250. The number of rotatable bonds is 7. The molecule has 0 saturated heterocycles. The zero-order valence-corrected chi connectivity index (χ0v) is 18.1. The predicted octanol–water partition coefficient (Wildman–Crippen LogP) is 4.12. The van der Waals surface area contributed by atoms with Crippen molar-refractivity contribution in [3.63, 3.8) is 0 Å². The number of para-hydroxylation sites is 2. The Labute approximate surface area is 185 Å². The predicted molar refractivity (Wildman–Crippen MR) is 118 cm³/mol. The first-order chi connectivity index (χ1) is 15.2. The molecule has 166 valence electrons. The van der Waals surface area contributed by atoms with Crippen LogP contribution in [-0.2, 0) is 19.6 Å². The van der Waals surface area contributed by atoms with Gasteiger partial charge in [-0.25, -0.2) is 17.6 Å². The van der Waals surface area contributed by atoms with Gasteiger partial charge in [-0.3, -0.25) is 9.52 Å². The van der Waals surface area contributed by atoms with Crippen molar-refractivity contribution in [3.8, 4) is 0 Å². The van der Waals surface area contributed by atoms with Crippen molar-refractivity contribution in [2.75, 3.05) is 10.0 Å². The molecule has 9 heteroatoms. The van der Waals surface area contributed by atoms with E-state index in [1.54, 1.807) is 30.3 Å². The van der Waals surface area contributed by atoms with Crippen molar-refractivity contribution in [1.29, 1.82) is 0 Å². The van der Waals surface area contributed by atoms with Gasteiger partial charge in [-0.1, -0.05) is 30.3 Å². The first-order valence-corrected chi connectivity index (χ1v) is 11.1. The molecule has 0 fully saturated rings. The number of amides is 1. The van der Waals surface area contributed by atoms with E-state index in [4.69, 9.17) is 4.74 Å². The molecule has 3 rings (SSSR count). The highest BCUT2D eigenvalue weighted by molar-refractivity contribution is 7.92. The average molecular weight is 456 g/mol. The topological polar surface area (TPSA) is 102 Å². The summed E-state index contributed by atoms with van der Waals surface area (Å²) in [5.41, 5.74) is 0.652. The number of anilines is 2. The largest absolute Gasteiger partial charge is 0.449 e. The molecule has 2 N–H and O–H groups in total. The molecular weight excluding hydrogens is 435 g/mol. The van der Waals surface area contributed by atoms with E-state index >= 15 is 0 Å². The van der Waals surface area contributed by atoms with Crippen LogP contribution < -0.4 is 10.0 Å². The third kappa shape index (κ3) is 5.50. The average Bonchev–Trinajstić information content (AvgIpc) is 2.74. The summed E-state index contributed by atoms with van der Waals surface area (Å²) in [4.78, 5) is 24.9. The number of esters is 1. The number of benzene rings is 3. The summed E-state index contributed by atoms with van der Waals surface area (Å²) in [6.45, 7) is 2.87. The summed E-state index contributed by atoms with van der Waals surface area (Å²) in [6.07, 6.45) is -1.13. The molecule has 0 heterocycles. The summed E-state index contributed by atoms with van der Waals surface area (Å²) in [6, 6.07) is 17.8. The Hall–Kier alpha value is -3.72. The van der Waals surface area contributed by atoms with E-state index in [1.165, 1.54) is 38.1 Å². The Morgan fingerprint density at radius 3 is 2.31 bits per heavy atom. The Morgan fingerprint density at radius 1 is 0.969 bits per heavy atom. The van der Waals surface area contributed by atoms with Crippen molar-refractivity contribution in [2.45, 2.75) is 24.8 Å². The fraction of sp³-hybridized carbons (Fsp3) is 0.130. The Balaban J connectivity index is 1.77. The standard InChI is InChI=1S/C23H21FN2O5S/c1-15-14-17(24)12-13-21(15)32(29,30)26-20-11-7-6-10-19(20)23(28)31-16(2)22(27)25-18-8-4-3-5-9-18/h3-14,16,26H,1-2H3,(H,25,27). The van der Waals surface area contributed by atoms with E-state index in [9.17, 15) is 22.4 Å². The fourth-order valence-corrected chi connectivity index (χ4v) is 4.21. The number of sulfonamides is 1. The van der Waals surface area contributed by atoms with Gasteiger partial charge >= 0.3 is 5.97 Å². The molecule has 0 aliphatic carbocycles. The molecule has 1 atom stereocenters. The van der Waals surface area contributed by atoms with Gasteiger partial charge in [0.2, 0.25) is 0 Å². The zero-order chi connectivity index (χ0) is 23.3. The minimum Gasteiger partial charge on any atom is -0.449 e. The van der Waals surface area contributed by atoms with Crippen LogP contribution in [0.4, 0.5) is 15.8 Å². The van der Waals surface area contributed by atoms with Crippen molar-refractivity contribution in [1.82, 2.24) is 0 Å². The van der Waals surface area contributed by atoms with Gasteiger partial charge in [0.15, 0.2) is 6.10 Å². The number of carbonyl (C=O) groups excluding carboxylic acids is 2. The maximum absolute atomic E-state index is 13.3. The molecule has 3 aromatic rings. The van der Waals surface area contributed by atoms with E-state index in [0.29, 0.717) is 5.69 Å². The van der Waals surface area contributed by atoms with Gasteiger partial charge in [0.05, 0.1) is 16.1 Å². The summed E-state index contributed by atoms with van der Waals surface area (Å²) in [5, 5.41) is 2.63. The molecule has 0 aliphatic heterocycles. The summed E-state index contributed by atoms with van der Waals surface area (Å²) >= 11 is 0. The van der Waals surface area contributed by atoms with E-state index in [1.807, 2.05) is 0 Å². The lowest BCUT2D eigenvalue weighted by Gasteiger charge is -2.16. The SMILES string of the molecule is Cc1cc(F)ccc1S(=O)(=O)Nc1ccccc1C(=O)OC(C)C(=O)Nc1ccccc1. The lowest BCUT2D eigenvalue weighted by atomic mass is 10.2. The molecule has 0 radical (unpaired) electrons. The molecule has 0 bridgehead atoms. The molecule has 0 aliphatic rings. The highest BCUT2D eigenvalue weighted by Gasteiger charge is 2.24. The Kier molecular flexibility index (Phi) is 6.89. The first kappa shape index (κ1) is 23.0. The van der Waals surface area contributed by atoms with Crippen LogP contribution in [0, 0.1) is 12.7 Å². The number of carbonyl (C=O) groups is 2. The fourth-order valence-electron chi connectivity index (χ4n) is 2.91. The number of aryl methyl sites for hydroxylation is 1. The summed E-state index contributed by atoms with van der Waals surface area (Å²) in [5.74, 6) is -1.98. The molecule has 3 aromatic carbocycles. The molecule has 1 amide bonds. The summed E-state index contributed by atoms with van der Waals surface area (Å²) < 4.78 is 46.5. The maximum atomic E-state index is 13.3. The van der Waals surface area contributed by atoms with Crippen LogP contribution in [0.15, 0.2) is 77.7 Å². The lowest BCUT2D eigenvalue weighted by molar-refractivity contribution is -0.123. The number of hydrogen-bond donors (Lipinski definition) is 2. The molecule has 0 spiro atoms. The van der Waals surface area contributed by atoms with Crippen molar-refractivity contribution < 1.29 is 27.1 Å². The van der Waals surface area contributed by atoms with Gasteiger partial charge in [-0.15, -0.1) is 0 Å². The minimum atomic E-state index is -4.11. The van der Waals surface area contributed by atoms with Crippen LogP contribution in [0.3, 0.4) is 0 Å². The Morgan fingerprint density at radius 2 is 1.62 bits per heavy atom. The summed E-state index contributed by atoms with van der Waals surface area (Å²) in [7, 11) is -4.11. The maximum Gasteiger partial charge on any atom is 0.341 e. The second-order valence-electron chi connectivity index (χ2n) is 6.96. The number of ether oxygens (including phenoxy) is 1. The van der Waals surface area contributed by atoms with Gasteiger partial charge in [0, 0.05) is 5.69 Å². The van der Waals surface area contributed by atoms with Crippen LogP contribution >= 0.6 is 0 Å². The van der Waals surface area contributed by atoms with Gasteiger partial charge in [0.25, 0.3) is 15.9 Å². The smallest absolute Gasteiger partial charge is 0.341 e. The number of halogens is 1.